The van der Waals surface area contributed by atoms with Gasteiger partial charge < -0.3 is 5.73 Å². The molecule has 0 saturated carbocycles. The summed E-state index contributed by atoms with van der Waals surface area (Å²) in [7, 11) is 0. The first kappa shape index (κ1) is 14.4. The lowest BCUT2D eigenvalue weighted by Gasteiger charge is -2.22. The molecule has 0 fully saturated rings. The van der Waals surface area contributed by atoms with E-state index < -0.39 is 0 Å². The molecule has 0 saturated heterocycles. The largest absolute Gasteiger partial charge is 0.330 e. The lowest BCUT2D eigenvalue weighted by atomic mass is 9.97. The van der Waals surface area contributed by atoms with Crippen LogP contribution in [0.25, 0.3) is 0 Å². The topological polar surface area (TPSA) is 64.4 Å². The summed E-state index contributed by atoms with van der Waals surface area (Å²) in [4.78, 5) is 16.8. The SMILES string of the molecule is CC(C)CC(CN)C(=O)NOC(C)(C)C. The molecule has 0 spiro atoms. The maximum Gasteiger partial charge on any atom is 0.247 e. The van der Waals surface area contributed by atoms with E-state index in [-0.39, 0.29) is 17.4 Å². The van der Waals surface area contributed by atoms with Crippen molar-refractivity contribution in [2.45, 2.75) is 46.6 Å². The number of hydroxylamine groups is 1. The number of hydrogen-bond donors (Lipinski definition) is 2. The Kier molecular flexibility index (Phi) is 5.83. The molecule has 0 rings (SSSR count). The Morgan fingerprint density at radius 1 is 1.40 bits per heavy atom. The highest BCUT2D eigenvalue weighted by molar-refractivity contribution is 5.77. The third-order valence-corrected chi connectivity index (χ3v) is 1.87. The van der Waals surface area contributed by atoms with E-state index in [1.165, 1.54) is 0 Å². The van der Waals surface area contributed by atoms with Crippen molar-refractivity contribution >= 4 is 5.91 Å². The Hall–Kier alpha value is -0.610. The van der Waals surface area contributed by atoms with Gasteiger partial charge in [0.15, 0.2) is 0 Å². The number of carbonyl (C=O) groups is 1. The van der Waals surface area contributed by atoms with Crippen LogP contribution in [0.5, 0.6) is 0 Å². The van der Waals surface area contributed by atoms with E-state index in [1.807, 2.05) is 20.8 Å². The Bertz CT molecular complexity index is 197. The van der Waals surface area contributed by atoms with Gasteiger partial charge in [0.25, 0.3) is 0 Å². The van der Waals surface area contributed by atoms with Crippen LogP contribution in [0.3, 0.4) is 0 Å². The highest BCUT2D eigenvalue weighted by atomic mass is 16.7. The number of carbonyl (C=O) groups excluding carboxylic acids is 1. The van der Waals surface area contributed by atoms with E-state index in [1.54, 1.807) is 0 Å². The summed E-state index contributed by atoms with van der Waals surface area (Å²) in [6.45, 7) is 10.1. The Morgan fingerprint density at radius 2 is 1.93 bits per heavy atom. The van der Waals surface area contributed by atoms with Gasteiger partial charge in [0, 0.05) is 6.54 Å². The molecular weight excluding hydrogens is 192 g/mol. The first-order chi connectivity index (χ1) is 6.76. The highest BCUT2D eigenvalue weighted by Crippen LogP contribution is 2.11. The molecule has 1 amide bonds. The maximum absolute atomic E-state index is 11.6. The molecule has 15 heavy (non-hydrogen) atoms. The summed E-state index contributed by atoms with van der Waals surface area (Å²) in [5.74, 6) is 0.174. The molecule has 0 heterocycles. The molecule has 0 aliphatic carbocycles. The minimum atomic E-state index is -0.368. The van der Waals surface area contributed by atoms with Crippen molar-refractivity contribution < 1.29 is 9.63 Å². The van der Waals surface area contributed by atoms with Gasteiger partial charge >= 0.3 is 0 Å². The predicted octanol–water partition coefficient (Wildman–Crippen LogP) is 1.45. The molecule has 0 bridgehead atoms. The van der Waals surface area contributed by atoms with E-state index in [0.29, 0.717) is 12.5 Å². The lowest BCUT2D eigenvalue weighted by molar-refractivity contribution is -0.149. The van der Waals surface area contributed by atoms with Crippen LogP contribution in [0.1, 0.15) is 41.0 Å². The van der Waals surface area contributed by atoms with Crippen molar-refractivity contribution in [3.05, 3.63) is 0 Å². The first-order valence-corrected chi connectivity index (χ1v) is 5.44. The fourth-order valence-electron chi connectivity index (χ4n) is 1.17. The quantitative estimate of drug-likeness (QED) is 0.684. The number of amides is 1. The average Bonchev–Trinajstić information content (AvgIpc) is 2.08. The molecule has 0 aromatic rings. The summed E-state index contributed by atoms with van der Waals surface area (Å²) >= 11 is 0. The molecule has 4 nitrogen and oxygen atoms in total. The van der Waals surface area contributed by atoms with Crippen molar-refractivity contribution in [1.29, 1.82) is 0 Å². The van der Waals surface area contributed by atoms with Gasteiger partial charge in [-0.25, -0.2) is 5.48 Å². The fourth-order valence-corrected chi connectivity index (χ4v) is 1.17. The molecule has 0 aliphatic rings. The van der Waals surface area contributed by atoms with Crippen LogP contribution in [-0.4, -0.2) is 18.1 Å². The minimum absolute atomic E-state index is 0.124. The van der Waals surface area contributed by atoms with Crippen molar-refractivity contribution in [2.24, 2.45) is 17.6 Å². The summed E-state index contributed by atoms with van der Waals surface area (Å²) in [5, 5.41) is 0. The molecule has 0 aliphatic heterocycles. The summed E-state index contributed by atoms with van der Waals surface area (Å²) < 4.78 is 0. The van der Waals surface area contributed by atoms with Gasteiger partial charge in [-0.2, -0.15) is 0 Å². The number of rotatable bonds is 5. The van der Waals surface area contributed by atoms with Crippen LogP contribution < -0.4 is 11.2 Å². The smallest absolute Gasteiger partial charge is 0.247 e. The Balaban J connectivity index is 4.05. The molecule has 4 heteroatoms. The second-order valence-electron chi connectivity index (χ2n) is 5.24. The second-order valence-corrected chi connectivity index (χ2v) is 5.24. The number of nitrogens with one attached hydrogen (secondary N) is 1. The third kappa shape index (κ3) is 7.33. The van der Waals surface area contributed by atoms with Gasteiger partial charge in [-0.1, -0.05) is 13.8 Å². The van der Waals surface area contributed by atoms with Crippen LogP contribution in [0.4, 0.5) is 0 Å². The van der Waals surface area contributed by atoms with Crippen molar-refractivity contribution in [3.63, 3.8) is 0 Å². The summed E-state index contributed by atoms with van der Waals surface area (Å²) in [6, 6.07) is 0. The van der Waals surface area contributed by atoms with Gasteiger partial charge in [-0.3, -0.25) is 9.63 Å². The maximum atomic E-state index is 11.6. The highest BCUT2D eigenvalue weighted by Gasteiger charge is 2.20. The molecular formula is C11H24N2O2. The van der Waals surface area contributed by atoms with Crippen LogP contribution in [0.15, 0.2) is 0 Å². The molecule has 0 radical (unpaired) electrons. The zero-order valence-corrected chi connectivity index (χ0v) is 10.5. The standard InChI is InChI=1S/C11H24N2O2/c1-8(2)6-9(7-12)10(14)13-15-11(3,4)5/h8-9H,6-7,12H2,1-5H3,(H,13,14). The minimum Gasteiger partial charge on any atom is -0.330 e. The van der Waals surface area contributed by atoms with Crippen LogP contribution in [0.2, 0.25) is 0 Å². The lowest BCUT2D eigenvalue weighted by Crippen LogP contribution is -2.40. The van der Waals surface area contributed by atoms with Gasteiger partial charge in [0.2, 0.25) is 5.91 Å². The van der Waals surface area contributed by atoms with Crippen LogP contribution in [-0.2, 0) is 9.63 Å². The van der Waals surface area contributed by atoms with Gasteiger partial charge in [-0.05, 0) is 33.1 Å². The molecule has 90 valence electrons. The second kappa shape index (κ2) is 6.08. The van der Waals surface area contributed by atoms with Crippen molar-refractivity contribution in [3.8, 4) is 0 Å². The monoisotopic (exact) mass is 216 g/mol. The van der Waals surface area contributed by atoms with Gasteiger partial charge in [0.05, 0.1) is 11.5 Å². The van der Waals surface area contributed by atoms with E-state index >= 15 is 0 Å². The van der Waals surface area contributed by atoms with E-state index in [2.05, 4.69) is 19.3 Å². The summed E-state index contributed by atoms with van der Waals surface area (Å²) in [5.41, 5.74) is 7.64. The van der Waals surface area contributed by atoms with Crippen molar-refractivity contribution in [2.75, 3.05) is 6.54 Å². The fraction of sp³-hybridized carbons (Fsp3) is 0.909. The molecule has 0 aromatic carbocycles. The average molecular weight is 216 g/mol. The van der Waals surface area contributed by atoms with Crippen LogP contribution >= 0.6 is 0 Å². The van der Waals surface area contributed by atoms with Gasteiger partial charge in [-0.15, -0.1) is 0 Å². The molecule has 1 atom stereocenters. The first-order valence-electron chi connectivity index (χ1n) is 5.44. The van der Waals surface area contributed by atoms with E-state index in [0.717, 1.165) is 6.42 Å². The molecule has 0 aromatic heterocycles. The predicted molar refractivity (Wildman–Crippen MR) is 61.0 cm³/mol. The number of hydrogen-bond acceptors (Lipinski definition) is 3. The normalized spacial score (nSPS) is 14.1. The zero-order chi connectivity index (χ0) is 12.1. The van der Waals surface area contributed by atoms with Crippen LogP contribution in [0, 0.1) is 11.8 Å². The van der Waals surface area contributed by atoms with Gasteiger partial charge in [0.1, 0.15) is 0 Å². The summed E-state index contributed by atoms with van der Waals surface area (Å²) in [6.07, 6.45) is 0.788. The van der Waals surface area contributed by atoms with Crippen molar-refractivity contribution in [1.82, 2.24) is 5.48 Å². The molecule has 3 N–H and O–H groups in total. The Labute approximate surface area is 92.5 Å². The third-order valence-electron chi connectivity index (χ3n) is 1.87. The Morgan fingerprint density at radius 3 is 2.27 bits per heavy atom. The van der Waals surface area contributed by atoms with E-state index in [4.69, 9.17) is 10.6 Å². The number of nitrogens with two attached hydrogens (primary N) is 1. The molecule has 1 unspecified atom stereocenters. The zero-order valence-electron chi connectivity index (χ0n) is 10.5. The van der Waals surface area contributed by atoms with E-state index in [9.17, 15) is 4.79 Å².